The van der Waals surface area contributed by atoms with Crippen LogP contribution >= 0.6 is 11.3 Å². The molecule has 41 heavy (non-hydrogen) atoms. The summed E-state index contributed by atoms with van der Waals surface area (Å²) < 4.78 is 23.7. The van der Waals surface area contributed by atoms with Crippen LogP contribution in [-0.2, 0) is 4.74 Å². The van der Waals surface area contributed by atoms with Crippen molar-refractivity contribution in [1.82, 2.24) is 19.7 Å². The van der Waals surface area contributed by atoms with Gasteiger partial charge >= 0.3 is 6.09 Å². The van der Waals surface area contributed by atoms with Crippen molar-refractivity contribution in [2.45, 2.75) is 98.1 Å². The maximum Gasteiger partial charge on any atom is 0.410 e. The lowest BCUT2D eigenvalue weighted by Gasteiger charge is -2.37. The Bertz CT molecular complexity index is 1540. The molecular formula is C32H40FN5O2S. The largest absolute Gasteiger partial charge is 0.444 e. The van der Waals surface area contributed by atoms with Gasteiger partial charge in [-0.2, -0.15) is 0 Å². The molecule has 1 saturated carbocycles. The molecule has 1 amide bonds. The van der Waals surface area contributed by atoms with Crippen LogP contribution in [0.3, 0.4) is 0 Å². The summed E-state index contributed by atoms with van der Waals surface area (Å²) in [5.41, 5.74) is 4.05. The highest BCUT2D eigenvalue weighted by atomic mass is 32.1. The summed E-state index contributed by atoms with van der Waals surface area (Å²) in [5, 5.41) is 9.73. The van der Waals surface area contributed by atoms with Crippen molar-refractivity contribution in [1.29, 1.82) is 0 Å². The Morgan fingerprint density at radius 3 is 2.54 bits per heavy atom. The zero-order chi connectivity index (χ0) is 29.3. The van der Waals surface area contributed by atoms with Gasteiger partial charge in [-0.3, -0.25) is 9.56 Å². The van der Waals surface area contributed by atoms with Gasteiger partial charge in [0.25, 0.3) is 0 Å². The predicted molar refractivity (Wildman–Crippen MR) is 160 cm³/mol. The van der Waals surface area contributed by atoms with Gasteiger partial charge in [0, 0.05) is 29.1 Å². The van der Waals surface area contributed by atoms with E-state index in [1.165, 1.54) is 4.88 Å². The number of likely N-dealkylation sites (tertiary alicyclic amines) is 1. The van der Waals surface area contributed by atoms with Crippen LogP contribution in [0.15, 0.2) is 23.2 Å². The van der Waals surface area contributed by atoms with Crippen molar-refractivity contribution < 1.29 is 13.9 Å². The number of fused-ring (bicyclic) bond motifs is 3. The summed E-state index contributed by atoms with van der Waals surface area (Å²) in [6.45, 7) is 15.4. The van der Waals surface area contributed by atoms with Crippen molar-refractivity contribution in [3.63, 3.8) is 0 Å². The summed E-state index contributed by atoms with van der Waals surface area (Å²) in [5.74, 6) is 1.68. The van der Waals surface area contributed by atoms with Crippen molar-refractivity contribution in [3.05, 3.63) is 62.8 Å². The number of nitrogens with zero attached hydrogens (tertiary/aromatic N) is 5. The Hall–Kier alpha value is -3.07. The molecule has 1 spiro atoms. The third kappa shape index (κ3) is 5.00. The zero-order valence-corrected chi connectivity index (χ0v) is 26.0. The minimum Gasteiger partial charge on any atom is -0.444 e. The van der Waals surface area contributed by atoms with Gasteiger partial charge in [-0.25, -0.2) is 9.18 Å². The first-order valence-corrected chi connectivity index (χ1v) is 15.6. The second-order valence-corrected chi connectivity index (χ2v) is 14.4. The molecule has 6 rings (SSSR count). The van der Waals surface area contributed by atoms with E-state index in [-0.39, 0.29) is 23.4 Å². The normalized spacial score (nSPS) is 24.2. The third-order valence-corrected chi connectivity index (χ3v) is 10.4. The molecule has 0 bridgehead atoms. The fourth-order valence-corrected chi connectivity index (χ4v) is 8.05. The lowest BCUT2D eigenvalue weighted by atomic mass is 9.68. The van der Waals surface area contributed by atoms with Crippen molar-refractivity contribution in [3.8, 4) is 5.00 Å². The molecule has 3 aromatic rings. The first-order chi connectivity index (χ1) is 19.4. The van der Waals surface area contributed by atoms with Crippen LogP contribution in [0.1, 0.15) is 111 Å². The smallest absolute Gasteiger partial charge is 0.410 e. The average Bonchev–Trinajstić information content (AvgIpc) is 3.56. The van der Waals surface area contributed by atoms with Crippen LogP contribution in [0, 0.1) is 32.0 Å². The van der Waals surface area contributed by atoms with E-state index in [1.54, 1.807) is 17.4 Å². The highest BCUT2D eigenvalue weighted by Crippen LogP contribution is 2.49. The molecule has 1 aliphatic carbocycles. The minimum atomic E-state index is -0.485. The molecule has 7 nitrogen and oxygen atoms in total. The minimum absolute atomic E-state index is 0.152. The maximum atomic E-state index is 16.0. The van der Waals surface area contributed by atoms with E-state index in [0.29, 0.717) is 17.2 Å². The Balaban J connectivity index is 1.22. The second-order valence-electron chi connectivity index (χ2n) is 13.2. The molecule has 0 radical (unpaired) electrons. The van der Waals surface area contributed by atoms with Crippen LogP contribution in [0.4, 0.5) is 9.18 Å². The van der Waals surface area contributed by atoms with Crippen LogP contribution in [0.25, 0.3) is 5.00 Å². The van der Waals surface area contributed by atoms with Crippen LogP contribution in [-0.4, -0.2) is 50.2 Å². The summed E-state index contributed by atoms with van der Waals surface area (Å²) in [4.78, 5) is 20.7. The lowest BCUT2D eigenvalue weighted by Crippen LogP contribution is -2.37. The van der Waals surface area contributed by atoms with Crippen LogP contribution < -0.4 is 0 Å². The van der Waals surface area contributed by atoms with Gasteiger partial charge in [-0.15, -0.1) is 21.5 Å². The standard InChI is InChI=1S/C32H40FN5O2S/c1-18-20(3)41-29-26(18)27(34-19(2)28-36-35-21(4)38(28)29)24-9-8-23(16-25(24)33)22-10-12-32(13-11-22)14-15-37(17-32)30(39)40-31(5,6)7/h8-9,16,19,22H,10-15,17H2,1-7H3/t19-,22?,32?/m0/s1. The summed E-state index contributed by atoms with van der Waals surface area (Å²) in [6.07, 6.45) is 4.89. The summed E-state index contributed by atoms with van der Waals surface area (Å²) in [6, 6.07) is 5.51. The molecule has 3 aliphatic rings. The fraction of sp³-hybridized carbons (Fsp3) is 0.562. The number of benzene rings is 1. The van der Waals surface area contributed by atoms with Crippen molar-refractivity contribution in [2.75, 3.05) is 13.1 Å². The number of carbonyl (C=O) groups is 1. The molecule has 1 saturated heterocycles. The highest BCUT2D eigenvalue weighted by molar-refractivity contribution is 7.15. The highest BCUT2D eigenvalue weighted by Gasteiger charge is 2.43. The lowest BCUT2D eigenvalue weighted by molar-refractivity contribution is 0.0260. The van der Waals surface area contributed by atoms with Gasteiger partial charge < -0.3 is 9.64 Å². The molecular weight excluding hydrogens is 537 g/mol. The molecule has 4 heterocycles. The van der Waals surface area contributed by atoms with E-state index >= 15 is 4.39 Å². The first-order valence-electron chi connectivity index (χ1n) is 14.7. The van der Waals surface area contributed by atoms with Gasteiger partial charge in [0.05, 0.1) is 5.71 Å². The third-order valence-electron chi connectivity index (χ3n) is 9.21. The number of ether oxygens (including phenoxy) is 1. The van der Waals surface area contributed by atoms with Gasteiger partial charge in [0.2, 0.25) is 0 Å². The number of thiophene rings is 1. The van der Waals surface area contributed by atoms with Crippen LogP contribution in [0.2, 0.25) is 0 Å². The van der Waals surface area contributed by atoms with E-state index in [9.17, 15) is 4.79 Å². The zero-order valence-electron chi connectivity index (χ0n) is 25.2. The Morgan fingerprint density at radius 2 is 1.85 bits per heavy atom. The predicted octanol–water partition coefficient (Wildman–Crippen LogP) is 7.59. The number of rotatable bonds is 2. The second kappa shape index (κ2) is 10.0. The number of hydrogen-bond acceptors (Lipinski definition) is 6. The summed E-state index contributed by atoms with van der Waals surface area (Å²) in [7, 11) is 0. The molecule has 218 valence electrons. The molecule has 1 atom stereocenters. The topological polar surface area (TPSA) is 72.6 Å². The quantitative estimate of drug-likeness (QED) is 0.315. The van der Waals surface area contributed by atoms with E-state index in [4.69, 9.17) is 9.73 Å². The number of hydrogen-bond donors (Lipinski definition) is 0. The average molecular weight is 578 g/mol. The number of halogens is 1. The van der Waals surface area contributed by atoms with Crippen molar-refractivity contribution >= 4 is 23.1 Å². The molecule has 0 unspecified atom stereocenters. The Morgan fingerprint density at radius 1 is 1.12 bits per heavy atom. The number of aliphatic imine (C=N–C) groups is 1. The van der Waals surface area contributed by atoms with E-state index in [2.05, 4.69) is 34.7 Å². The number of aromatic nitrogens is 3. The van der Waals surface area contributed by atoms with E-state index in [0.717, 1.165) is 78.5 Å². The number of aryl methyl sites for hydroxylation is 2. The molecule has 2 fully saturated rings. The molecule has 9 heteroatoms. The first kappa shape index (κ1) is 28.1. The number of amides is 1. The van der Waals surface area contributed by atoms with E-state index < -0.39 is 5.60 Å². The van der Waals surface area contributed by atoms with Crippen molar-refractivity contribution in [2.24, 2.45) is 10.4 Å². The van der Waals surface area contributed by atoms with Gasteiger partial charge in [0.15, 0.2) is 5.82 Å². The fourth-order valence-electron chi connectivity index (χ4n) is 6.83. The SMILES string of the molecule is Cc1sc2c(c1C)C(c1ccc(C3CCC4(CC3)CCN(C(=O)OC(C)(C)C)C4)cc1F)=N[C@@H](C)c1nnc(C)n1-2. The monoisotopic (exact) mass is 577 g/mol. The van der Waals surface area contributed by atoms with Gasteiger partial charge in [-0.05, 0) is 115 Å². The number of carbonyl (C=O) groups excluding carboxylic acids is 1. The molecule has 0 N–H and O–H groups in total. The van der Waals surface area contributed by atoms with Gasteiger partial charge in [0.1, 0.15) is 28.3 Å². The molecule has 2 aromatic heterocycles. The Labute approximate surface area is 245 Å². The summed E-state index contributed by atoms with van der Waals surface area (Å²) >= 11 is 1.68. The molecule has 1 aromatic carbocycles. The Kier molecular flexibility index (Phi) is 6.87. The van der Waals surface area contributed by atoms with E-state index in [1.807, 2.05) is 45.6 Å². The molecule has 2 aliphatic heterocycles. The van der Waals surface area contributed by atoms with Gasteiger partial charge in [-0.1, -0.05) is 6.07 Å². The maximum absolute atomic E-state index is 16.0. The van der Waals surface area contributed by atoms with Crippen LogP contribution in [0.5, 0.6) is 0 Å².